The molecule has 1 amide bonds. The molecule has 0 bridgehead atoms. The molecule has 12 nitrogen and oxygen atoms in total. The fraction of sp³-hybridized carbons (Fsp3) is 0.419. The van der Waals surface area contributed by atoms with Gasteiger partial charge in [0.15, 0.2) is 46.5 Å². The van der Waals surface area contributed by atoms with E-state index in [0.29, 0.717) is 0 Å². The van der Waals surface area contributed by atoms with Crippen molar-refractivity contribution in [1.82, 2.24) is 10.0 Å². The summed E-state index contributed by atoms with van der Waals surface area (Å²) in [6, 6.07) is -1.11. The summed E-state index contributed by atoms with van der Waals surface area (Å²) in [5, 5.41) is 25.8. The molecule has 1 heterocycles. The van der Waals surface area contributed by atoms with Crippen molar-refractivity contribution >= 4 is 32.1 Å². The van der Waals surface area contributed by atoms with Gasteiger partial charge in [-0.15, -0.1) is 4.73 Å². The number of halogens is 8. The molecule has 0 spiro atoms. The van der Waals surface area contributed by atoms with Gasteiger partial charge in [-0.05, 0) is 12.8 Å². The lowest BCUT2D eigenvalue weighted by atomic mass is 9.97. The van der Waals surface area contributed by atoms with E-state index in [9.17, 15) is 19.8 Å². The molecule has 2 atom stereocenters. The molecule has 0 saturated heterocycles. The van der Waals surface area contributed by atoms with Crippen LogP contribution in [0.25, 0.3) is 0 Å². The van der Waals surface area contributed by atoms with Gasteiger partial charge >= 0.3 is 14.8 Å². The molecule has 0 aliphatic carbocycles. The van der Waals surface area contributed by atoms with Crippen LogP contribution in [0.4, 0.5) is 46.5 Å². The largest absolute Gasteiger partial charge is 0.501 e. The number of nitrogens with one attached hydrogen (secondary N) is 3. The molecule has 2 aromatic carbocycles. The third-order valence-corrected chi connectivity index (χ3v) is 10.7. The number of carbonyl (C=O) groups excluding carboxylic acids is 2. The van der Waals surface area contributed by atoms with Crippen LogP contribution in [0.5, 0.6) is 11.8 Å². The number of nitrogens with zero attached hydrogens (tertiary/aromatic N) is 1. The Morgan fingerprint density at radius 1 is 0.692 bits per heavy atom. The van der Waals surface area contributed by atoms with E-state index in [4.69, 9.17) is 13.3 Å². The molecule has 5 N–H and O–H groups in total. The van der Waals surface area contributed by atoms with Gasteiger partial charge in [0.1, 0.15) is 22.5 Å². The first-order chi connectivity index (χ1) is 24.5. The van der Waals surface area contributed by atoms with E-state index < -0.39 is 114 Å². The maximum absolute atomic E-state index is 15.4. The van der Waals surface area contributed by atoms with Gasteiger partial charge in [0.05, 0.1) is 0 Å². The number of amides is 1. The van der Waals surface area contributed by atoms with Crippen LogP contribution in [0.15, 0.2) is 12.1 Å². The van der Waals surface area contributed by atoms with Crippen LogP contribution in [0.2, 0.25) is 6.04 Å². The van der Waals surface area contributed by atoms with Crippen LogP contribution in [0.3, 0.4) is 0 Å². The molecule has 21 heteroatoms. The van der Waals surface area contributed by atoms with Gasteiger partial charge in [0.25, 0.3) is 5.91 Å². The van der Waals surface area contributed by atoms with Crippen molar-refractivity contribution in [3.05, 3.63) is 69.8 Å². The highest BCUT2D eigenvalue weighted by atomic mass is 28.4. The normalized spacial score (nSPS) is 12.8. The minimum atomic E-state index is -3.25. The molecule has 3 aromatic rings. The Morgan fingerprint density at radius 2 is 1.08 bits per heavy atom. The Kier molecular flexibility index (Phi) is 14.3. The Morgan fingerprint density at radius 3 is 1.44 bits per heavy atom. The number of rotatable bonds is 18. The van der Waals surface area contributed by atoms with Gasteiger partial charge < -0.3 is 44.3 Å². The number of benzene rings is 2. The highest BCUT2D eigenvalue weighted by molar-refractivity contribution is 6.60. The fourth-order valence-corrected chi connectivity index (χ4v) is 6.78. The zero-order valence-electron chi connectivity index (χ0n) is 28.4. The molecular formula is C31H36F8N4O8Si. The van der Waals surface area contributed by atoms with E-state index >= 15 is 35.1 Å². The molecule has 52 heavy (non-hydrogen) atoms. The Balaban J connectivity index is 1.95. The van der Waals surface area contributed by atoms with Crippen molar-refractivity contribution in [3.63, 3.8) is 0 Å². The van der Waals surface area contributed by atoms with Crippen molar-refractivity contribution in [2.75, 3.05) is 38.5 Å². The van der Waals surface area contributed by atoms with E-state index in [-0.39, 0.29) is 43.0 Å². The highest BCUT2D eigenvalue weighted by Gasteiger charge is 2.38. The topological polar surface area (TPSA) is 153 Å². The van der Waals surface area contributed by atoms with Gasteiger partial charge in [-0.2, -0.15) is 0 Å². The van der Waals surface area contributed by atoms with Gasteiger partial charge in [0, 0.05) is 58.1 Å². The Hall–Kier alpha value is -4.60. The summed E-state index contributed by atoms with van der Waals surface area (Å²) in [6.45, 7) is 2.82. The van der Waals surface area contributed by atoms with Gasteiger partial charge in [-0.1, -0.05) is 26.7 Å². The predicted octanol–water partition coefficient (Wildman–Crippen LogP) is 5.75. The minimum Gasteiger partial charge on any atom is -0.492 e. The molecule has 0 aliphatic rings. The van der Waals surface area contributed by atoms with Crippen LogP contribution in [-0.2, 0) is 13.3 Å². The van der Waals surface area contributed by atoms with Crippen LogP contribution in [0.1, 0.15) is 60.2 Å². The lowest BCUT2D eigenvalue weighted by Crippen LogP contribution is -2.45. The SMILES string of the molecule is CCCC(Nc1c(F)c(F)c(C(=O)NCC[Si](OC)(OC)OC)c(F)c1F)C(CCC)Nc1c(F)c(F)c(C(=O)On2c(O)ccc2O)c(F)c1F. The van der Waals surface area contributed by atoms with E-state index in [0.717, 1.165) is 12.1 Å². The number of hydrogen-bond donors (Lipinski definition) is 5. The molecule has 0 aliphatic heterocycles. The zero-order chi connectivity index (χ0) is 39.1. The van der Waals surface area contributed by atoms with Crippen molar-refractivity contribution in [2.45, 2.75) is 57.7 Å². The second kappa shape index (κ2) is 17.7. The Bertz CT molecular complexity index is 1690. The lowest BCUT2D eigenvalue weighted by Gasteiger charge is -2.31. The van der Waals surface area contributed by atoms with Crippen LogP contribution < -0.4 is 20.8 Å². The summed E-state index contributed by atoms with van der Waals surface area (Å²) in [4.78, 5) is 29.5. The molecule has 288 valence electrons. The zero-order valence-corrected chi connectivity index (χ0v) is 29.4. The Labute approximate surface area is 292 Å². The number of aromatic hydroxyl groups is 2. The van der Waals surface area contributed by atoms with Gasteiger partial charge in [-0.3, -0.25) is 4.79 Å². The van der Waals surface area contributed by atoms with Crippen molar-refractivity contribution in [3.8, 4) is 11.8 Å². The second-order valence-electron chi connectivity index (χ2n) is 11.1. The molecule has 0 radical (unpaired) electrons. The molecular weight excluding hydrogens is 736 g/mol. The van der Waals surface area contributed by atoms with Crippen molar-refractivity contribution in [1.29, 1.82) is 0 Å². The number of anilines is 2. The second-order valence-corrected chi connectivity index (χ2v) is 14.2. The number of aromatic nitrogens is 1. The molecule has 0 fully saturated rings. The molecule has 3 rings (SSSR count). The monoisotopic (exact) mass is 772 g/mol. The van der Waals surface area contributed by atoms with E-state index in [1.54, 1.807) is 13.8 Å². The maximum Gasteiger partial charge on any atom is 0.501 e. The summed E-state index contributed by atoms with van der Waals surface area (Å²) in [6.07, 6.45) is 0.170. The minimum absolute atomic E-state index is 0.0164. The smallest absolute Gasteiger partial charge is 0.492 e. The summed E-state index contributed by atoms with van der Waals surface area (Å²) in [5.41, 5.74) is -6.30. The maximum atomic E-state index is 15.4. The average Bonchev–Trinajstić information content (AvgIpc) is 3.43. The average molecular weight is 773 g/mol. The number of hydrogen-bond acceptors (Lipinski definition) is 10. The van der Waals surface area contributed by atoms with Crippen molar-refractivity contribution < 1.29 is 73.0 Å². The third-order valence-electron chi connectivity index (χ3n) is 7.92. The molecule has 1 aromatic heterocycles. The quantitative estimate of drug-likeness (QED) is 0.0614. The lowest BCUT2D eigenvalue weighted by molar-refractivity contribution is 0.0368. The summed E-state index contributed by atoms with van der Waals surface area (Å²) < 4.78 is 137. The summed E-state index contributed by atoms with van der Waals surface area (Å²) in [5.74, 6) is -22.3. The molecule has 2 unspecified atom stereocenters. The number of carbonyl (C=O) groups is 2. The van der Waals surface area contributed by atoms with E-state index in [1.165, 1.54) is 21.3 Å². The van der Waals surface area contributed by atoms with Gasteiger partial charge in [-0.25, -0.2) is 39.9 Å². The third kappa shape index (κ3) is 8.53. The first kappa shape index (κ1) is 41.8. The van der Waals surface area contributed by atoms with Crippen molar-refractivity contribution in [2.24, 2.45) is 0 Å². The van der Waals surface area contributed by atoms with Gasteiger partial charge in [0.2, 0.25) is 11.8 Å². The van der Waals surface area contributed by atoms with Crippen LogP contribution in [0, 0.1) is 46.5 Å². The predicted molar refractivity (Wildman–Crippen MR) is 170 cm³/mol. The first-order valence-corrected chi connectivity index (χ1v) is 17.5. The first-order valence-electron chi connectivity index (χ1n) is 15.5. The van der Waals surface area contributed by atoms with E-state index in [1.807, 2.05) is 0 Å². The fourth-order valence-electron chi connectivity index (χ4n) is 5.23. The van der Waals surface area contributed by atoms with Crippen LogP contribution in [-0.4, -0.2) is 75.6 Å². The van der Waals surface area contributed by atoms with Crippen LogP contribution >= 0.6 is 0 Å². The summed E-state index contributed by atoms with van der Waals surface area (Å²) >= 11 is 0. The highest BCUT2D eigenvalue weighted by Crippen LogP contribution is 2.33. The molecule has 0 saturated carbocycles. The standard InChI is InChI=1S/C31H36F8N4O8Si/c1-6-8-14(41-28-24(36)20(32)18(21(33)25(28)37)30(46)40-12-13-52(48-3,49-4)50-5)15(9-7-2)42-29-26(38)22(34)19(23(35)27(29)39)31(47)51-43-16(44)10-11-17(43)45/h10-11,14-15,41-42,44-45H,6-9,12-13H2,1-5H3,(H,40,46). The van der Waals surface area contributed by atoms with E-state index in [2.05, 4.69) is 20.8 Å². The summed E-state index contributed by atoms with van der Waals surface area (Å²) in [7, 11) is 0.572.